The lowest BCUT2D eigenvalue weighted by molar-refractivity contribution is 0.103. The van der Waals surface area contributed by atoms with Crippen LogP contribution in [0.3, 0.4) is 0 Å². The van der Waals surface area contributed by atoms with E-state index in [4.69, 9.17) is 0 Å². The lowest BCUT2D eigenvalue weighted by atomic mass is 10.0. The van der Waals surface area contributed by atoms with Crippen LogP contribution in [0.1, 0.15) is 26.9 Å². The first-order valence-corrected chi connectivity index (χ1v) is 9.77. The first kappa shape index (κ1) is 17.8. The summed E-state index contributed by atoms with van der Waals surface area (Å²) in [6.07, 6.45) is 0. The maximum absolute atomic E-state index is 12.2. The van der Waals surface area contributed by atoms with E-state index in [9.17, 15) is 33.5 Å². The molecule has 0 aliphatic carbocycles. The minimum Gasteiger partial charge on any atom is -0.324 e. The smallest absolute Gasteiger partial charge is 0.324 e. The van der Waals surface area contributed by atoms with Crippen LogP contribution < -0.4 is 0 Å². The molecular weight excluding hydrogens is 342 g/mol. The molecular formula is C14H14O7P2. The summed E-state index contributed by atoms with van der Waals surface area (Å²) in [5.41, 5.74) is 0.452. The van der Waals surface area contributed by atoms with Crippen molar-refractivity contribution in [2.24, 2.45) is 0 Å². The highest BCUT2D eigenvalue weighted by Gasteiger charge is 2.44. The van der Waals surface area contributed by atoms with E-state index in [1.807, 2.05) is 0 Å². The number of carbonyl (C=O) groups is 1. The predicted octanol–water partition coefficient (Wildman–Crippen LogP) is 2.27. The molecule has 0 spiro atoms. The van der Waals surface area contributed by atoms with Crippen LogP contribution in [0, 0.1) is 0 Å². The molecule has 0 atom stereocenters. The molecule has 0 amide bonds. The SMILES string of the molecule is O=C(c1ccccc1)c1ccc(C(P(=O)(O)O)P(=O)(O)O)cc1. The third kappa shape index (κ3) is 4.24. The van der Waals surface area contributed by atoms with Crippen molar-refractivity contribution in [3.8, 4) is 0 Å². The van der Waals surface area contributed by atoms with E-state index in [-0.39, 0.29) is 16.9 Å². The Labute approximate surface area is 131 Å². The van der Waals surface area contributed by atoms with Crippen LogP contribution in [0.2, 0.25) is 0 Å². The monoisotopic (exact) mass is 356 g/mol. The van der Waals surface area contributed by atoms with Gasteiger partial charge in [0.05, 0.1) is 0 Å². The van der Waals surface area contributed by atoms with E-state index >= 15 is 0 Å². The van der Waals surface area contributed by atoms with Gasteiger partial charge in [0.25, 0.3) is 0 Å². The van der Waals surface area contributed by atoms with Gasteiger partial charge in [-0.2, -0.15) is 0 Å². The van der Waals surface area contributed by atoms with Crippen LogP contribution in [0.4, 0.5) is 0 Å². The van der Waals surface area contributed by atoms with Crippen LogP contribution in [-0.2, 0) is 9.13 Å². The Morgan fingerprint density at radius 2 is 1.17 bits per heavy atom. The Balaban J connectivity index is 2.37. The van der Waals surface area contributed by atoms with Crippen molar-refractivity contribution in [3.63, 3.8) is 0 Å². The fourth-order valence-corrected chi connectivity index (χ4v) is 4.84. The molecule has 0 saturated carbocycles. The van der Waals surface area contributed by atoms with Gasteiger partial charge in [-0.15, -0.1) is 0 Å². The molecule has 2 aromatic rings. The molecule has 122 valence electrons. The molecule has 0 fully saturated rings. The first-order chi connectivity index (χ1) is 10.6. The van der Waals surface area contributed by atoms with Gasteiger partial charge in [-0.05, 0) is 5.56 Å². The van der Waals surface area contributed by atoms with Gasteiger partial charge >= 0.3 is 15.2 Å². The summed E-state index contributed by atoms with van der Waals surface area (Å²) < 4.78 is 22.7. The summed E-state index contributed by atoms with van der Waals surface area (Å²) in [6, 6.07) is 13.2. The summed E-state index contributed by atoms with van der Waals surface area (Å²) in [4.78, 5) is 48.9. The Morgan fingerprint density at radius 1 is 0.739 bits per heavy atom. The average Bonchev–Trinajstić information content (AvgIpc) is 2.45. The third-order valence-electron chi connectivity index (χ3n) is 3.14. The number of hydrogen-bond acceptors (Lipinski definition) is 3. The Kier molecular flexibility index (Phi) is 5.01. The van der Waals surface area contributed by atoms with Crippen LogP contribution in [0.15, 0.2) is 54.6 Å². The highest BCUT2D eigenvalue weighted by Crippen LogP contribution is 2.69. The zero-order valence-corrected chi connectivity index (χ0v) is 13.5. The fraction of sp³-hybridized carbons (Fsp3) is 0.0714. The maximum Gasteiger partial charge on any atom is 0.345 e. The standard InChI is InChI=1S/C14H14O7P2/c15-13(10-4-2-1-3-5-10)11-6-8-12(9-7-11)14(22(16,17)18)23(19,20)21/h1-9,14H,(H2,16,17,18)(H2,19,20,21). The van der Waals surface area contributed by atoms with Gasteiger partial charge < -0.3 is 19.6 Å². The van der Waals surface area contributed by atoms with Gasteiger partial charge in [0.2, 0.25) is 0 Å². The first-order valence-electron chi connectivity index (χ1n) is 6.41. The van der Waals surface area contributed by atoms with Crippen molar-refractivity contribution in [1.82, 2.24) is 0 Å². The zero-order chi connectivity index (χ0) is 17.3. The van der Waals surface area contributed by atoms with E-state index < -0.39 is 20.6 Å². The van der Waals surface area contributed by atoms with Crippen LogP contribution >= 0.6 is 15.2 Å². The van der Waals surface area contributed by atoms with Gasteiger partial charge in [-0.1, -0.05) is 54.6 Å². The molecule has 9 heteroatoms. The van der Waals surface area contributed by atoms with Gasteiger partial charge in [0.1, 0.15) is 0 Å². The average molecular weight is 356 g/mol. The Bertz CT molecular complexity index is 768. The lowest BCUT2D eigenvalue weighted by Crippen LogP contribution is -2.04. The molecule has 2 aromatic carbocycles. The minimum atomic E-state index is -5.06. The van der Waals surface area contributed by atoms with Gasteiger partial charge in [0.15, 0.2) is 11.2 Å². The summed E-state index contributed by atoms with van der Waals surface area (Å²) >= 11 is 0. The van der Waals surface area contributed by atoms with Crippen molar-refractivity contribution in [1.29, 1.82) is 0 Å². The van der Waals surface area contributed by atoms with Crippen molar-refractivity contribution in [3.05, 3.63) is 71.3 Å². The predicted molar refractivity (Wildman–Crippen MR) is 83.1 cm³/mol. The van der Waals surface area contributed by atoms with Crippen LogP contribution in [0.5, 0.6) is 0 Å². The molecule has 23 heavy (non-hydrogen) atoms. The largest absolute Gasteiger partial charge is 0.345 e. The molecule has 0 aromatic heterocycles. The van der Waals surface area contributed by atoms with Crippen LogP contribution in [-0.4, -0.2) is 25.4 Å². The molecule has 0 aliphatic rings. The van der Waals surface area contributed by atoms with Crippen molar-refractivity contribution >= 4 is 21.0 Å². The molecule has 0 saturated heterocycles. The lowest BCUT2D eigenvalue weighted by Gasteiger charge is -2.20. The molecule has 4 N–H and O–H groups in total. The summed E-state index contributed by atoms with van der Waals surface area (Å²) in [6.45, 7) is 0. The highest BCUT2D eigenvalue weighted by atomic mass is 31.2. The zero-order valence-electron chi connectivity index (χ0n) is 11.7. The molecule has 0 heterocycles. The Morgan fingerprint density at radius 3 is 1.61 bits per heavy atom. The fourth-order valence-electron chi connectivity index (χ4n) is 2.15. The summed E-state index contributed by atoms with van der Waals surface area (Å²) in [5.74, 6) is -0.305. The number of carbonyl (C=O) groups excluding carboxylic acids is 1. The van der Waals surface area contributed by atoms with E-state index in [0.29, 0.717) is 5.56 Å². The number of hydrogen-bond donors (Lipinski definition) is 4. The quantitative estimate of drug-likeness (QED) is 0.477. The molecule has 0 bridgehead atoms. The second-order valence-corrected chi connectivity index (χ2v) is 8.67. The van der Waals surface area contributed by atoms with Crippen molar-refractivity contribution < 1.29 is 33.5 Å². The van der Waals surface area contributed by atoms with Crippen molar-refractivity contribution in [2.45, 2.75) is 5.40 Å². The topological polar surface area (TPSA) is 132 Å². The van der Waals surface area contributed by atoms with Crippen LogP contribution in [0.25, 0.3) is 0 Å². The Hall–Kier alpha value is -1.59. The minimum absolute atomic E-state index is 0.226. The van der Waals surface area contributed by atoms with Gasteiger partial charge in [-0.25, -0.2) is 0 Å². The molecule has 2 rings (SSSR count). The van der Waals surface area contributed by atoms with E-state index in [2.05, 4.69) is 0 Å². The molecule has 0 unspecified atom stereocenters. The van der Waals surface area contributed by atoms with E-state index in [0.717, 1.165) is 12.1 Å². The summed E-state index contributed by atoms with van der Waals surface area (Å²) in [7, 11) is -10.1. The van der Waals surface area contributed by atoms with Gasteiger partial charge in [0, 0.05) is 11.1 Å². The van der Waals surface area contributed by atoms with E-state index in [1.165, 1.54) is 12.1 Å². The number of benzene rings is 2. The molecule has 7 nitrogen and oxygen atoms in total. The molecule has 0 aliphatic heterocycles. The highest BCUT2D eigenvalue weighted by molar-refractivity contribution is 7.70. The third-order valence-corrected chi connectivity index (χ3v) is 6.82. The molecule has 0 radical (unpaired) electrons. The second kappa shape index (κ2) is 6.49. The second-order valence-electron chi connectivity index (χ2n) is 4.87. The number of rotatable bonds is 5. The number of ketones is 1. The van der Waals surface area contributed by atoms with E-state index in [1.54, 1.807) is 30.3 Å². The van der Waals surface area contributed by atoms with Crippen molar-refractivity contribution in [2.75, 3.05) is 0 Å². The van der Waals surface area contributed by atoms with Gasteiger partial charge in [-0.3, -0.25) is 13.9 Å². The normalized spacial score (nSPS) is 12.4. The summed E-state index contributed by atoms with van der Waals surface area (Å²) in [5, 5.41) is -2.24. The maximum atomic E-state index is 12.2.